The molecule has 1 aliphatic carbocycles. The van der Waals surface area contributed by atoms with Crippen molar-refractivity contribution >= 4 is 50.2 Å². The van der Waals surface area contributed by atoms with Gasteiger partial charge in [-0.3, -0.25) is 0 Å². The Morgan fingerprint density at radius 3 is 3.00 bits per heavy atom. The van der Waals surface area contributed by atoms with Crippen LogP contribution in [0.1, 0.15) is 34.9 Å². The van der Waals surface area contributed by atoms with Crippen molar-refractivity contribution in [1.82, 2.24) is 0 Å². The molecule has 1 aliphatic rings. The van der Waals surface area contributed by atoms with Gasteiger partial charge in [-0.05, 0) is 70.4 Å². The number of thiophene rings is 1. The molecule has 104 valence electrons. The summed E-state index contributed by atoms with van der Waals surface area (Å²) >= 11 is 10.5. The molecule has 0 aliphatic heterocycles. The molecule has 5 heteroatoms. The molecule has 3 rings (SSSR count). The van der Waals surface area contributed by atoms with E-state index in [1.807, 2.05) is 29.5 Å². The van der Waals surface area contributed by atoms with Gasteiger partial charge in [-0.2, -0.15) is 0 Å². The van der Waals surface area contributed by atoms with E-state index in [0.29, 0.717) is 11.0 Å². The van der Waals surface area contributed by atoms with Crippen molar-refractivity contribution in [2.45, 2.75) is 25.3 Å². The highest BCUT2D eigenvalue weighted by molar-refractivity contribution is 9.10. The number of anilines is 1. The number of hydrogen-bond donors (Lipinski definition) is 2. The molecule has 20 heavy (non-hydrogen) atoms. The molecule has 0 saturated carbocycles. The van der Waals surface area contributed by atoms with Crippen LogP contribution in [-0.2, 0) is 6.42 Å². The quantitative estimate of drug-likeness (QED) is 0.777. The minimum atomic E-state index is 0.400. The first kappa shape index (κ1) is 14.0. The second-order valence-corrected chi connectivity index (χ2v) is 7.24. The van der Waals surface area contributed by atoms with Gasteiger partial charge in [0.2, 0.25) is 0 Å². The Balaban J connectivity index is 1.84. The van der Waals surface area contributed by atoms with E-state index < -0.39 is 0 Å². The maximum atomic E-state index is 5.66. The number of halogens is 1. The molecule has 2 aromatic rings. The molecule has 0 saturated heterocycles. The van der Waals surface area contributed by atoms with Crippen molar-refractivity contribution < 1.29 is 0 Å². The summed E-state index contributed by atoms with van der Waals surface area (Å²) in [6.45, 7) is 0. The van der Waals surface area contributed by atoms with Crippen LogP contribution < -0.4 is 11.1 Å². The van der Waals surface area contributed by atoms with Gasteiger partial charge in [0.1, 0.15) is 4.99 Å². The summed E-state index contributed by atoms with van der Waals surface area (Å²) in [5.41, 5.74) is 9.09. The average molecular weight is 367 g/mol. The van der Waals surface area contributed by atoms with Crippen LogP contribution in [0.2, 0.25) is 0 Å². The molecule has 1 heterocycles. The van der Waals surface area contributed by atoms with Gasteiger partial charge < -0.3 is 11.1 Å². The largest absolute Gasteiger partial charge is 0.389 e. The minimum Gasteiger partial charge on any atom is -0.389 e. The van der Waals surface area contributed by atoms with Crippen LogP contribution in [0.25, 0.3) is 0 Å². The highest BCUT2D eigenvalue weighted by Gasteiger charge is 2.21. The third-order valence-corrected chi connectivity index (χ3v) is 5.52. The first-order valence-corrected chi connectivity index (χ1v) is 8.65. The van der Waals surface area contributed by atoms with E-state index >= 15 is 0 Å². The fourth-order valence-corrected chi connectivity index (χ4v) is 4.22. The molecular formula is C15H15BrN2S2. The van der Waals surface area contributed by atoms with E-state index in [-0.39, 0.29) is 0 Å². The van der Waals surface area contributed by atoms with Gasteiger partial charge in [0.15, 0.2) is 0 Å². The summed E-state index contributed by atoms with van der Waals surface area (Å²) in [5, 5.41) is 5.82. The second kappa shape index (κ2) is 5.84. The molecule has 2 nitrogen and oxygen atoms in total. The molecule has 1 aromatic carbocycles. The molecule has 1 aromatic heterocycles. The van der Waals surface area contributed by atoms with Crippen molar-refractivity contribution in [3.63, 3.8) is 0 Å². The van der Waals surface area contributed by atoms with Crippen LogP contribution in [-0.4, -0.2) is 4.99 Å². The number of benzene rings is 1. The second-order valence-electron chi connectivity index (χ2n) is 4.95. The van der Waals surface area contributed by atoms with Crippen LogP contribution in [0.15, 0.2) is 34.1 Å². The van der Waals surface area contributed by atoms with Gasteiger partial charge in [-0.15, -0.1) is 11.3 Å². The number of nitrogens with one attached hydrogen (secondary N) is 1. The SMILES string of the molecule is NC(=S)c1ccc(NC2CCCc3sccc32)c(Br)c1. The Morgan fingerprint density at radius 1 is 1.40 bits per heavy atom. The number of rotatable bonds is 3. The summed E-state index contributed by atoms with van der Waals surface area (Å²) in [5.74, 6) is 0. The summed E-state index contributed by atoms with van der Waals surface area (Å²) in [4.78, 5) is 1.94. The third-order valence-electron chi connectivity index (χ3n) is 3.64. The van der Waals surface area contributed by atoms with E-state index in [0.717, 1.165) is 15.7 Å². The Hall–Kier alpha value is -0.910. The van der Waals surface area contributed by atoms with Gasteiger partial charge in [-0.25, -0.2) is 0 Å². The van der Waals surface area contributed by atoms with Crippen LogP contribution in [0.4, 0.5) is 5.69 Å². The number of hydrogen-bond acceptors (Lipinski definition) is 3. The smallest absolute Gasteiger partial charge is 0.104 e. The highest BCUT2D eigenvalue weighted by atomic mass is 79.9. The van der Waals surface area contributed by atoms with Gasteiger partial charge in [0, 0.05) is 20.6 Å². The number of aryl methyl sites for hydroxylation is 1. The molecule has 0 spiro atoms. The fraction of sp³-hybridized carbons (Fsp3) is 0.267. The van der Waals surface area contributed by atoms with Crippen molar-refractivity contribution in [2.24, 2.45) is 5.73 Å². The lowest BCUT2D eigenvalue weighted by atomic mass is 9.94. The Labute approximate surface area is 136 Å². The van der Waals surface area contributed by atoms with E-state index in [4.69, 9.17) is 18.0 Å². The minimum absolute atomic E-state index is 0.400. The van der Waals surface area contributed by atoms with Crippen molar-refractivity contribution in [3.05, 3.63) is 50.1 Å². The predicted molar refractivity (Wildman–Crippen MR) is 93.7 cm³/mol. The molecule has 1 unspecified atom stereocenters. The van der Waals surface area contributed by atoms with Crippen molar-refractivity contribution in [1.29, 1.82) is 0 Å². The standard InChI is InChI=1S/C15H15BrN2S2/c16-11-8-9(15(17)19)4-5-13(11)18-12-2-1-3-14-10(12)6-7-20-14/h4-8,12,18H,1-3H2,(H2,17,19). The summed E-state index contributed by atoms with van der Waals surface area (Å²) in [6, 6.07) is 8.62. The predicted octanol–water partition coefficient (Wildman–Crippen LogP) is 4.63. The average Bonchev–Trinajstić information content (AvgIpc) is 2.90. The lowest BCUT2D eigenvalue weighted by Gasteiger charge is -2.25. The topological polar surface area (TPSA) is 38.0 Å². The summed E-state index contributed by atoms with van der Waals surface area (Å²) in [7, 11) is 0. The fourth-order valence-electron chi connectivity index (χ4n) is 2.61. The zero-order valence-corrected chi connectivity index (χ0v) is 14.1. The summed E-state index contributed by atoms with van der Waals surface area (Å²) < 4.78 is 1.00. The molecule has 0 bridgehead atoms. The van der Waals surface area contributed by atoms with Crippen LogP contribution in [0.3, 0.4) is 0 Å². The van der Waals surface area contributed by atoms with Gasteiger partial charge in [0.25, 0.3) is 0 Å². The highest BCUT2D eigenvalue weighted by Crippen LogP contribution is 2.37. The van der Waals surface area contributed by atoms with Gasteiger partial charge in [-0.1, -0.05) is 12.2 Å². The van der Waals surface area contributed by atoms with E-state index in [1.54, 1.807) is 0 Å². The zero-order valence-electron chi connectivity index (χ0n) is 10.9. The molecular weight excluding hydrogens is 352 g/mol. The van der Waals surface area contributed by atoms with Gasteiger partial charge >= 0.3 is 0 Å². The number of fused-ring (bicyclic) bond motifs is 1. The molecule has 0 amide bonds. The monoisotopic (exact) mass is 366 g/mol. The normalized spacial score (nSPS) is 17.6. The van der Waals surface area contributed by atoms with Gasteiger partial charge in [0.05, 0.1) is 6.04 Å². The Kier molecular flexibility index (Phi) is 4.10. The Morgan fingerprint density at radius 2 is 2.25 bits per heavy atom. The van der Waals surface area contributed by atoms with E-state index in [2.05, 4.69) is 32.7 Å². The first-order chi connectivity index (χ1) is 9.65. The van der Waals surface area contributed by atoms with Crippen LogP contribution in [0, 0.1) is 0 Å². The molecule has 1 atom stereocenters. The van der Waals surface area contributed by atoms with Crippen LogP contribution in [0.5, 0.6) is 0 Å². The van der Waals surface area contributed by atoms with Crippen molar-refractivity contribution in [2.75, 3.05) is 5.32 Å². The summed E-state index contributed by atoms with van der Waals surface area (Å²) in [6.07, 6.45) is 3.63. The third kappa shape index (κ3) is 2.75. The van der Waals surface area contributed by atoms with Crippen molar-refractivity contribution in [3.8, 4) is 0 Å². The zero-order chi connectivity index (χ0) is 14.1. The van der Waals surface area contributed by atoms with Crippen LogP contribution >= 0.6 is 39.5 Å². The number of nitrogens with two attached hydrogens (primary N) is 1. The Bertz CT molecular complexity index is 651. The molecule has 0 fully saturated rings. The lowest BCUT2D eigenvalue weighted by molar-refractivity contribution is 0.608. The molecule has 0 radical (unpaired) electrons. The number of thiocarbonyl (C=S) groups is 1. The van der Waals surface area contributed by atoms with E-state index in [9.17, 15) is 0 Å². The maximum Gasteiger partial charge on any atom is 0.104 e. The van der Waals surface area contributed by atoms with E-state index in [1.165, 1.54) is 29.7 Å². The molecule has 3 N–H and O–H groups in total. The lowest BCUT2D eigenvalue weighted by Crippen LogP contribution is -2.16. The first-order valence-electron chi connectivity index (χ1n) is 6.57. The maximum absolute atomic E-state index is 5.66.